The van der Waals surface area contributed by atoms with Gasteiger partial charge in [0.15, 0.2) is 5.11 Å². The van der Waals surface area contributed by atoms with E-state index in [1.807, 2.05) is 18.2 Å². The summed E-state index contributed by atoms with van der Waals surface area (Å²) in [5.74, 6) is 0. The Morgan fingerprint density at radius 3 is 2.48 bits per heavy atom. The van der Waals surface area contributed by atoms with E-state index in [4.69, 9.17) is 28.6 Å². The number of hydrogen-bond donors (Lipinski definition) is 1. The largest absolute Gasteiger partial charge is 0.379 e. The number of benzene rings is 2. The fraction of sp³-hybridized carbons (Fsp3) is 0.435. The zero-order valence-electron chi connectivity index (χ0n) is 17.3. The highest BCUT2D eigenvalue weighted by molar-refractivity contribution is 7.80. The minimum absolute atomic E-state index is 0.694. The zero-order valence-corrected chi connectivity index (χ0v) is 18.9. The smallest absolute Gasteiger partial charge is 0.173 e. The highest BCUT2D eigenvalue weighted by Crippen LogP contribution is 2.22. The summed E-state index contributed by atoms with van der Waals surface area (Å²) in [4.78, 5) is 4.68. The molecule has 2 aromatic carbocycles. The SMILES string of the molecule is Cc1cccc(C)c1NC(=S)N(CCCN1CCOCC1)Cc1ccccc1Cl. The van der Waals surface area contributed by atoms with Crippen molar-refractivity contribution in [1.82, 2.24) is 9.80 Å². The van der Waals surface area contributed by atoms with Crippen LogP contribution in [-0.4, -0.2) is 54.3 Å². The van der Waals surface area contributed by atoms with E-state index >= 15 is 0 Å². The number of thiocarbonyl (C=S) groups is 1. The van der Waals surface area contributed by atoms with Crippen molar-refractivity contribution in [2.75, 3.05) is 44.7 Å². The van der Waals surface area contributed by atoms with E-state index in [0.29, 0.717) is 6.54 Å². The summed E-state index contributed by atoms with van der Waals surface area (Å²) in [6, 6.07) is 14.3. The molecule has 0 spiro atoms. The molecule has 0 bridgehead atoms. The normalized spacial score (nSPS) is 14.6. The molecule has 2 aromatic rings. The van der Waals surface area contributed by atoms with Crippen LogP contribution in [0.15, 0.2) is 42.5 Å². The molecule has 1 aliphatic rings. The van der Waals surface area contributed by atoms with E-state index in [9.17, 15) is 0 Å². The molecule has 1 fully saturated rings. The number of hydrogen-bond acceptors (Lipinski definition) is 3. The third-order valence-corrected chi connectivity index (χ3v) is 6.05. The lowest BCUT2D eigenvalue weighted by atomic mass is 10.1. The number of aryl methyl sites for hydroxylation is 2. The predicted molar refractivity (Wildman–Crippen MR) is 126 cm³/mol. The molecule has 0 radical (unpaired) electrons. The summed E-state index contributed by atoms with van der Waals surface area (Å²) in [7, 11) is 0. The van der Waals surface area contributed by atoms with Crippen molar-refractivity contribution in [2.45, 2.75) is 26.8 Å². The fourth-order valence-corrected chi connectivity index (χ4v) is 4.05. The van der Waals surface area contributed by atoms with Gasteiger partial charge in [0.2, 0.25) is 0 Å². The predicted octanol–water partition coefficient (Wildman–Crippen LogP) is 4.88. The van der Waals surface area contributed by atoms with E-state index in [-0.39, 0.29) is 0 Å². The van der Waals surface area contributed by atoms with Crippen LogP contribution in [0.1, 0.15) is 23.1 Å². The Kier molecular flexibility index (Phi) is 8.30. The Morgan fingerprint density at radius 1 is 1.10 bits per heavy atom. The van der Waals surface area contributed by atoms with E-state index < -0.39 is 0 Å². The molecule has 6 heteroatoms. The number of ether oxygens (including phenoxy) is 1. The van der Waals surface area contributed by atoms with Crippen LogP contribution in [0.25, 0.3) is 0 Å². The third kappa shape index (κ3) is 6.41. The van der Waals surface area contributed by atoms with Gasteiger partial charge in [0.1, 0.15) is 0 Å². The number of para-hydroxylation sites is 1. The van der Waals surface area contributed by atoms with Crippen molar-refractivity contribution >= 4 is 34.6 Å². The van der Waals surface area contributed by atoms with Crippen LogP contribution in [0.5, 0.6) is 0 Å². The second-order valence-corrected chi connectivity index (χ2v) is 8.31. The molecule has 156 valence electrons. The first-order valence-electron chi connectivity index (χ1n) is 10.2. The molecule has 1 heterocycles. The Balaban J connectivity index is 1.68. The average Bonchev–Trinajstić information content (AvgIpc) is 2.72. The van der Waals surface area contributed by atoms with Gasteiger partial charge in [-0.1, -0.05) is 48.0 Å². The van der Waals surface area contributed by atoms with Crippen LogP contribution in [0.4, 0.5) is 5.69 Å². The van der Waals surface area contributed by atoms with Gasteiger partial charge in [0.05, 0.1) is 13.2 Å². The topological polar surface area (TPSA) is 27.7 Å². The van der Waals surface area contributed by atoms with E-state index in [1.54, 1.807) is 0 Å². The van der Waals surface area contributed by atoms with Gasteiger partial charge < -0.3 is 15.0 Å². The Bertz CT molecular complexity index is 803. The lowest BCUT2D eigenvalue weighted by Crippen LogP contribution is -2.40. The number of halogens is 1. The van der Waals surface area contributed by atoms with Crippen LogP contribution in [-0.2, 0) is 11.3 Å². The van der Waals surface area contributed by atoms with Crippen molar-refractivity contribution in [2.24, 2.45) is 0 Å². The van der Waals surface area contributed by atoms with E-state index in [2.05, 4.69) is 53.2 Å². The minimum Gasteiger partial charge on any atom is -0.379 e. The quantitative estimate of drug-likeness (QED) is 0.631. The minimum atomic E-state index is 0.694. The number of nitrogens with zero attached hydrogens (tertiary/aromatic N) is 2. The first kappa shape index (κ1) is 22.0. The lowest BCUT2D eigenvalue weighted by Gasteiger charge is -2.30. The van der Waals surface area contributed by atoms with Crippen LogP contribution in [0.3, 0.4) is 0 Å². The van der Waals surface area contributed by atoms with Gasteiger partial charge in [-0.15, -0.1) is 0 Å². The van der Waals surface area contributed by atoms with Crippen molar-refractivity contribution in [1.29, 1.82) is 0 Å². The molecule has 0 aromatic heterocycles. The van der Waals surface area contributed by atoms with E-state index in [0.717, 1.165) is 67.2 Å². The van der Waals surface area contributed by atoms with Gasteiger partial charge in [-0.25, -0.2) is 0 Å². The van der Waals surface area contributed by atoms with Crippen LogP contribution >= 0.6 is 23.8 Å². The Hall–Kier alpha value is -1.66. The molecule has 29 heavy (non-hydrogen) atoms. The maximum atomic E-state index is 6.43. The highest BCUT2D eigenvalue weighted by atomic mass is 35.5. The van der Waals surface area contributed by atoms with Crippen molar-refractivity contribution < 1.29 is 4.74 Å². The molecule has 1 saturated heterocycles. The van der Waals surface area contributed by atoms with Gasteiger partial charge in [0.25, 0.3) is 0 Å². The Labute approximate surface area is 184 Å². The molecule has 1 N–H and O–H groups in total. The number of nitrogens with one attached hydrogen (secondary N) is 1. The van der Waals surface area contributed by atoms with Crippen LogP contribution < -0.4 is 5.32 Å². The van der Waals surface area contributed by atoms with Crippen molar-refractivity contribution in [3.63, 3.8) is 0 Å². The molecular weight excluding hydrogens is 402 g/mol. The first-order valence-corrected chi connectivity index (χ1v) is 11.0. The van der Waals surface area contributed by atoms with Gasteiger partial charge in [0, 0.05) is 43.4 Å². The summed E-state index contributed by atoms with van der Waals surface area (Å²) >= 11 is 12.3. The second-order valence-electron chi connectivity index (χ2n) is 7.52. The van der Waals surface area contributed by atoms with Gasteiger partial charge in [-0.05, 0) is 55.2 Å². The fourth-order valence-electron chi connectivity index (χ4n) is 3.59. The average molecular weight is 432 g/mol. The summed E-state index contributed by atoms with van der Waals surface area (Å²) in [6.07, 6.45) is 1.04. The van der Waals surface area contributed by atoms with Crippen molar-refractivity contribution in [3.8, 4) is 0 Å². The molecule has 0 saturated carbocycles. The molecule has 0 aliphatic carbocycles. The summed E-state index contributed by atoms with van der Waals surface area (Å²) in [5.41, 5.74) is 4.57. The van der Waals surface area contributed by atoms with Gasteiger partial charge in [-0.3, -0.25) is 4.90 Å². The molecular formula is C23H30ClN3OS. The van der Waals surface area contributed by atoms with Crippen LogP contribution in [0.2, 0.25) is 5.02 Å². The maximum Gasteiger partial charge on any atom is 0.173 e. The molecule has 0 unspecified atom stereocenters. The molecule has 4 nitrogen and oxygen atoms in total. The summed E-state index contributed by atoms with van der Waals surface area (Å²) in [5, 5.41) is 5.01. The number of anilines is 1. The standard InChI is InChI=1S/C23H30ClN3OS/c1-18-7-5-8-19(2)22(18)25-23(29)27(17-20-9-3-4-10-21(20)24)12-6-11-26-13-15-28-16-14-26/h3-5,7-10H,6,11-17H2,1-2H3,(H,25,29). The molecule has 0 atom stereocenters. The second kappa shape index (κ2) is 10.9. The summed E-state index contributed by atoms with van der Waals surface area (Å²) < 4.78 is 5.45. The van der Waals surface area contributed by atoms with Gasteiger partial charge in [-0.2, -0.15) is 0 Å². The highest BCUT2D eigenvalue weighted by Gasteiger charge is 2.16. The first-order chi connectivity index (χ1) is 14.0. The number of rotatable bonds is 7. The third-order valence-electron chi connectivity index (χ3n) is 5.33. The molecule has 0 amide bonds. The maximum absolute atomic E-state index is 6.43. The zero-order chi connectivity index (χ0) is 20.6. The lowest BCUT2D eigenvalue weighted by molar-refractivity contribution is 0.0368. The molecule has 3 rings (SSSR count). The van der Waals surface area contributed by atoms with Gasteiger partial charge >= 0.3 is 0 Å². The molecule has 1 aliphatic heterocycles. The van der Waals surface area contributed by atoms with E-state index in [1.165, 1.54) is 11.1 Å². The number of morpholine rings is 1. The summed E-state index contributed by atoms with van der Waals surface area (Å²) in [6.45, 7) is 10.5. The monoisotopic (exact) mass is 431 g/mol. The van der Waals surface area contributed by atoms with Crippen LogP contribution in [0, 0.1) is 13.8 Å². The van der Waals surface area contributed by atoms with Crippen molar-refractivity contribution in [3.05, 3.63) is 64.2 Å². The Morgan fingerprint density at radius 2 is 1.79 bits per heavy atom.